The third kappa shape index (κ3) is 6.94. The molecule has 1 aliphatic rings. The van der Waals surface area contributed by atoms with Crippen LogP contribution >= 0.6 is 0 Å². The van der Waals surface area contributed by atoms with Gasteiger partial charge < -0.3 is 5.32 Å². The van der Waals surface area contributed by atoms with Crippen LogP contribution in [-0.2, 0) is 0 Å². The van der Waals surface area contributed by atoms with E-state index in [-0.39, 0.29) is 0 Å². The van der Waals surface area contributed by atoms with Crippen molar-refractivity contribution in [2.45, 2.75) is 77.7 Å². The lowest BCUT2D eigenvalue weighted by molar-refractivity contribution is 0.382. The second-order valence-electron chi connectivity index (χ2n) is 5.53. The molecule has 0 atom stereocenters. The average molecular weight is 211 g/mol. The van der Waals surface area contributed by atoms with Crippen LogP contribution in [0.15, 0.2) is 0 Å². The third-order valence-corrected chi connectivity index (χ3v) is 3.50. The number of hydrogen-bond acceptors (Lipinski definition) is 1. The molecule has 0 spiro atoms. The molecule has 0 saturated heterocycles. The Kier molecular flexibility index (Phi) is 7.08. The van der Waals surface area contributed by atoms with E-state index in [1.807, 2.05) is 0 Å². The van der Waals surface area contributed by atoms with E-state index in [0.29, 0.717) is 0 Å². The van der Waals surface area contributed by atoms with Crippen LogP contribution in [0, 0.1) is 5.92 Å². The highest BCUT2D eigenvalue weighted by Gasteiger charge is 2.09. The molecule has 0 aromatic carbocycles. The maximum atomic E-state index is 3.74. The Labute approximate surface area is 96.0 Å². The van der Waals surface area contributed by atoms with E-state index in [1.165, 1.54) is 64.3 Å². The first kappa shape index (κ1) is 13.0. The van der Waals surface area contributed by atoms with Gasteiger partial charge in [-0.05, 0) is 38.1 Å². The molecule has 0 aromatic heterocycles. The Morgan fingerprint density at radius 3 is 2.20 bits per heavy atom. The van der Waals surface area contributed by atoms with Gasteiger partial charge in [-0.2, -0.15) is 0 Å². The predicted octanol–water partition coefficient (Wildman–Crippen LogP) is 4.13. The van der Waals surface area contributed by atoms with Gasteiger partial charge in [-0.25, -0.2) is 0 Å². The van der Waals surface area contributed by atoms with Crippen LogP contribution in [0.2, 0.25) is 0 Å². The average Bonchev–Trinajstić information content (AvgIpc) is 2.14. The molecule has 0 heterocycles. The smallest absolute Gasteiger partial charge is 0.00670 e. The van der Waals surface area contributed by atoms with E-state index >= 15 is 0 Å². The fourth-order valence-electron chi connectivity index (χ4n) is 2.48. The molecule has 1 N–H and O–H groups in total. The quantitative estimate of drug-likeness (QED) is 0.674. The molecular weight excluding hydrogens is 182 g/mol. The molecule has 0 bridgehead atoms. The van der Waals surface area contributed by atoms with E-state index in [0.717, 1.165) is 12.0 Å². The summed E-state index contributed by atoms with van der Waals surface area (Å²) in [6.07, 6.45) is 12.9. The Hall–Kier alpha value is -0.0400. The molecular formula is C14H29N. The first-order chi connectivity index (χ1) is 7.29. The van der Waals surface area contributed by atoms with Crippen LogP contribution in [0.25, 0.3) is 0 Å². The number of nitrogens with one attached hydrogen (secondary N) is 1. The van der Waals surface area contributed by atoms with E-state index in [4.69, 9.17) is 0 Å². The first-order valence-electron chi connectivity index (χ1n) is 7.02. The van der Waals surface area contributed by atoms with E-state index in [2.05, 4.69) is 19.2 Å². The predicted molar refractivity (Wildman–Crippen MR) is 68.2 cm³/mol. The minimum Gasteiger partial charge on any atom is -0.314 e. The molecule has 1 fully saturated rings. The molecule has 0 aromatic rings. The molecule has 1 aliphatic carbocycles. The highest BCUT2D eigenvalue weighted by molar-refractivity contribution is 4.69. The SMILES string of the molecule is CC(C)CCCNC1CCCCCCC1. The molecule has 1 heteroatoms. The maximum Gasteiger partial charge on any atom is 0.00670 e. The van der Waals surface area contributed by atoms with Crippen molar-refractivity contribution in [1.29, 1.82) is 0 Å². The zero-order chi connectivity index (χ0) is 10.9. The molecule has 90 valence electrons. The summed E-state index contributed by atoms with van der Waals surface area (Å²) >= 11 is 0. The van der Waals surface area contributed by atoms with Gasteiger partial charge in [0.05, 0.1) is 0 Å². The van der Waals surface area contributed by atoms with Gasteiger partial charge >= 0.3 is 0 Å². The van der Waals surface area contributed by atoms with Gasteiger partial charge in [0, 0.05) is 6.04 Å². The lowest BCUT2D eigenvalue weighted by Gasteiger charge is -2.21. The topological polar surface area (TPSA) is 12.0 Å². The number of rotatable bonds is 5. The first-order valence-corrected chi connectivity index (χ1v) is 7.02. The van der Waals surface area contributed by atoms with Gasteiger partial charge in [0.15, 0.2) is 0 Å². The molecule has 15 heavy (non-hydrogen) atoms. The molecule has 1 saturated carbocycles. The lowest BCUT2D eigenvalue weighted by atomic mass is 9.96. The second kappa shape index (κ2) is 8.15. The largest absolute Gasteiger partial charge is 0.314 e. The van der Waals surface area contributed by atoms with Crippen LogP contribution in [0.4, 0.5) is 0 Å². The Bertz CT molecular complexity index is 134. The molecule has 1 rings (SSSR count). The normalized spacial score (nSPS) is 20.2. The van der Waals surface area contributed by atoms with Crippen molar-refractivity contribution in [3.63, 3.8) is 0 Å². The van der Waals surface area contributed by atoms with Crippen molar-refractivity contribution >= 4 is 0 Å². The van der Waals surface area contributed by atoms with Crippen LogP contribution < -0.4 is 5.32 Å². The van der Waals surface area contributed by atoms with Crippen LogP contribution in [0.5, 0.6) is 0 Å². The summed E-state index contributed by atoms with van der Waals surface area (Å²) in [6.45, 7) is 5.87. The van der Waals surface area contributed by atoms with Crippen molar-refractivity contribution in [2.75, 3.05) is 6.54 Å². The van der Waals surface area contributed by atoms with Crippen molar-refractivity contribution in [2.24, 2.45) is 5.92 Å². The van der Waals surface area contributed by atoms with Gasteiger partial charge in [0.25, 0.3) is 0 Å². The molecule has 0 radical (unpaired) electrons. The van der Waals surface area contributed by atoms with E-state index < -0.39 is 0 Å². The van der Waals surface area contributed by atoms with E-state index in [1.54, 1.807) is 0 Å². The Morgan fingerprint density at radius 1 is 1.00 bits per heavy atom. The summed E-state index contributed by atoms with van der Waals surface area (Å²) in [5.74, 6) is 0.865. The zero-order valence-electron chi connectivity index (χ0n) is 10.7. The fourth-order valence-corrected chi connectivity index (χ4v) is 2.48. The fraction of sp³-hybridized carbons (Fsp3) is 1.00. The molecule has 0 aliphatic heterocycles. The van der Waals surface area contributed by atoms with Gasteiger partial charge in [0.2, 0.25) is 0 Å². The molecule has 0 unspecified atom stereocenters. The maximum absolute atomic E-state index is 3.74. The summed E-state index contributed by atoms with van der Waals surface area (Å²) in [4.78, 5) is 0. The molecule has 1 nitrogen and oxygen atoms in total. The summed E-state index contributed by atoms with van der Waals surface area (Å²) < 4.78 is 0. The lowest BCUT2D eigenvalue weighted by Crippen LogP contribution is -2.30. The highest BCUT2D eigenvalue weighted by Crippen LogP contribution is 2.17. The van der Waals surface area contributed by atoms with Gasteiger partial charge in [-0.15, -0.1) is 0 Å². The number of hydrogen-bond donors (Lipinski definition) is 1. The van der Waals surface area contributed by atoms with Gasteiger partial charge in [-0.1, -0.05) is 46.0 Å². The summed E-state index contributed by atoms with van der Waals surface area (Å²) in [5, 5.41) is 3.74. The Balaban J connectivity index is 2.02. The third-order valence-electron chi connectivity index (χ3n) is 3.50. The van der Waals surface area contributed by atoms with Crippen molar-refractivity contribution in [3.8, 4) is 0 Å². The summed E-state index contributed by atoms with van der Waals surface area (Å²) in [5.41, 5.74) is 0. The molecule has 0 amide bonds. The zero-order valence-corrected chi connectivity index (χ0v) is 10.7. The minimum atomic E-state index is 0.831. The van der Waals surface area contributed by atoms with Crippen molar-refractivity contribution < 1.29 is 0 Å². The highest BCUT2D eigenvalue weighted by atomic mass is 14.9. The van der Waals surface area contributed by atoms with Gasteiger partial charge in [0.1, 0.15) is 0 Å². The summed E-state index contributed by atoms with van der Waals surface area (Å²) in [6, 6.07) is 0.831. The monoisotopic (exact) mass is 211 g/mol. The van der Waals surface area contributed by atoms with Gasteiger partial charge in [-0.3, -0.25) is 0 Å². The standard InChI is InChI=1S/C14H29N/c1-13(2)9-8-12-15-14-10-6-4-3-5-7-11-14/h13-15H,3-12H2,1-2H3. The van der Waals surface area contributed by atoms with Crippen molar-refractivity contribution in [3.05, 3.63) is 0 Å². The van der Waals surface area contributed by atoms with Crippen LogP contribution in [0.3, 0.4) is 0 Å². The van der Waals surface area contributed by atoms with Crippen LogP contribution in [0.1, 0.15) is 71.6 Å². The Morgan fingerprint density at radius 2 is 1.60 bits per heavy atom. The minimum absolute atomic E-state index is 0.831. The van der Waals surface area contributed by atoms with E-state index in [9.17, 15) is 0 Å². The second-order valence-corrected chi connectivity index (χ2v) is 5.53. The van der Waals surface area contributed by atoms with Crippen LogP contribution in [-0.4, -0.2) is 12.6 Å². The van der Waals surface area contributed by atoms with Crippen molar-refractivity contribution in [1.82, 2.24) is 5.32 Å². The summed E-state index contributed by atoms with van der Waals surface area (Å²) in [7, 11) is 0.